The lowest BCUT2D eigenvalue weighted by atomic mass is 10.3. The van der Waals surface area contributed by atoms with Crippen molar-refractivity contribution in [3.05, 3.63) is 0 Å². The zero-order valence-electron chi connectivity index (χ0n) is 9.37. The summed E-state index contributed by atoms with van der Waals surface area (Å²) in [5, 5.41) is -1.29. The first-order valence-electron chi connectivity index (χ1n) is 5.14. The summed E-state index contributed by atoms with van der Waals surface area (Å²) in [5.74, 6) is -1.00. The molecule has 2 unspecified atom stereocenters. The van der Waals surface area contributed by atoms with Crippen LogP contribution in [-0.2, 0) is 19.1 Å². The fraction of sp³-hybridized carbons (Fsp3) is 0.800. The third-order valence-electron chi connectivity index (χ3n) is 1.80. The second-order valence-electron chi connectivity index (χ2n) is 3.09. The van der Waals surface area contributed by atoms with Gasteiger partial charge in [0.2, 0.25) is 0 Å². The molecule has 0 aliphatic heterocycles. The van der Waals surface area contributed by atoms with E-state index < -0.39 is 22.7 Å². The van der Waals surface area contributed by atoms with Crippen molar-refractivity contribution < 1.29 is 19.1 Å². The van der Waals surface area contributed by atoms with Crippen LogP contribution in [0.3, 0.4) is 0 Å². The number of alkyl halides is 2. The maximum absolute atomic E-state index is 11.1. The molecule has 0 aromatic rings. The molecule has 0 aromatic carbocycles. The van der Waals surface area contributed by atoms with Crippen molar-refractivity contribution in [2.75, 3.05) is 13.2 Å². The van der Waals surface area contributed by atoms with E-state index in [1.165, 1.54) is 0 Å². The van der Waals surface area contributed by atoms with Crippen LogP contribution in [0.4, 0.5) is 0 Å². The number of hydrogen-bond donors (Lipinski definition) is 0. The van der Waals surface area contributed by atoms with Gasteiger partial charge in [0.15, 0.2) is 0 Å². The van der Waals surface area contributed by atoms with Gasteiger partial charge < -0.3 is 9.47 Å². The molecule has 0 radical (unpaired) electrons. The summed E-state index contributed by atoms with van der Waals surface area (Å²) >= 11 is 11.3. The minimum absolute atomic E-state index is 0.00111. The molecule has 6 heteroatoms. The number of carbonyl (C=O) groups is 2. The summed E-state index contributed by atoms with van der Waals surface area (Å²) in [7, 11) is 0. The van der Waals surface area contributed by atoms with Crippen molar-refractivity contribution in [3.63, 3.8) is 0 Å². The molecule has 0 amide bonds. The van der Waals surface area contributed by atoms with E-state index in [0.717, 1.165) is 0 Å². The summed E-state index contributed by atoms with van der Waals surface area (Å²) in [4.78, 5) is 22.2. The van der Waals surface area contributed by atoms with Gasteiger partial charge in [-0.1, -0.05) is 13.8 Å². The molecule has 4 nitrogen and oxygen atoms in total. The molecule has 16 heavy (non-hydrogen) atoms. The second kappa shape index (κ2) is 8.65. The van der Waals surface area contributed by atoms with Crippen molar-refractivity contribution in [2.24, 2.45) is 0 Å². The highest BCUT2D eigenvalue weighted by Crippen LogP contribution is 2.05. The topological polar surface area (TPSA) is 52.6 Å². The van der Waals surface area contributed by atoms with Gasteiger partial charge in [0.25, 0.3) is 0 Å². The van der Waals surface area contributed by atoms with Gasteiger partial charge in [0.05, 0.1) is 0 Å². The Balaban J connectivity index is 3.61. The molecule has 0 saturated heterocycles. The van der Waals surface area contributed by atoms with Crippen LogP contribution in [0.1, 0.15) is 26.7 Å². The Labute approximate surface area is 105 Å². The average molecular weight is 271 g/mol. The Morgan fingerprint density at radius 1 is 0.938 bits per heavy atom. The Morgan fingerprint density at radius 3 is 1.50 bits per heavy atom. The predicted molar refractivity (Wildman–Crippen MR) is 61.8 cm³/mol. The molecule has 0 saturated carbocycles. The number of halogens is 2. The smallest absolute Gasteiger partial charge is 0.324 e. The summed E-state index contributed by atoms with van der Waals surface area (Å²) in [6, 6.07) is 0. The van der Waals surface area contributed by atoms with Gasteiger partial charge in [-0.2, -0.15) is 0 Å². The van der Waals surface area contributed by atoms with Crippen LogP contribution in [0, 0.1) is 0 Å². The molecule has 94 valence electrons. The summed E-state index contributed by atoms with van der Waals surface area (Å²) in [5.41, 5.74) is 0. The van der Waals surface area contributed by atoms with Crippen molar-refractivity contribution in [2.45, 2.75) is 37.4 Å². The normalized spacial score (nSPS) is 14.0. The van der Waals surface area contributed by atoms with Crippen LogP contribution < -0.4 is 0 Å². The molecular weight excluding hydrogens is 255 g/mol. The first-order chi connectivity index (χ1) is 7.52. The van der Waals surface area contributed by atoms with Crippen LogP contribution in [0.25, 0.3) is 0 Å². The monoisotopic (exact) mass is 270 g/mol. The molecule has 0 aliphatic rings. The fourth-order valence-corrected chi connectivity index (χ4v) is 0.925. The molecular formula is C10H16Cl2O4. The first-order valence-corrected chi connectivity index (χ1v) is 6.01. The highest BCUT2D eigenvalue weighted by Gasteiger charge is 2.16. The van der Waals surface area contributed by atoms with Crippen LogP contribution >= 0.6 is 23.2 Å². The molecule has 0 heterocycles. The van der Waals surface area contributed by atoms with Crippen LogP contribution in [0.5, 0.6) is 0 Å². The largest absolute Gasteiger partial charge is 0.461 e. The number of carbonyl (C=O) groups excluding carboxylic acids is 2. The van der Waals surface area contributed by atoms with E-state index >= 15 is 0 Å². The quantitative estimate of drug-likeness (QED) is 0.404. The molecule has 0 aromatic heterocycles. The van der Waals surface area contributed by atoms with Crippen LogP contribution in [0.15, 0.2) is 0 Å². The molecule has 0 fully saturated rings. The van der Waals surface area contributed by atoms with Crippen molar-refractivity contribution in [1.82, 2.24) is 0 Å². The number of hydrogen-bond acceptors (Lipinski definition) is 4. The minimum atomic E-state index is -0.646. The zero-order valence-corrected chi connectivity index (χ0v) is 10.9. The van der Waals surface area contributed by atoms with Gasteiger partial charge in [0, 0.05) is 0 Å². The Bertz CT molecular complexity index is 209. The van der Waals surface area contributed by atoms with E-state index in [2.05, 4.69) is 0 Å². The van der Waals surface area contributed by atoms with Gasteiger partial charge in [-0.3, -0.25) is 9.59 Å². The minimum Gasteiger partial charge on any atom is -0.461 e. The Morgan fingerprint density at radius 2 is 1.25 bits per heavy atom. The van der Waals surface area contributed by atoms with Gasteiger partial charge in [-0.05, 0) is 12.8 Å². The second-order valence-corrected chi connectivity index (χ2v) is 4.14. The van der Waals surface area contributed by atoms with Gasteiger partial charge >= 0.3 is 11.9 Å². The van der Waals surface area contributed by atoms with Gasteiger partial charge in [0.1, 0.15) is 24.0 Å². The standard InChI is InChI=1S/C10H16Cl2O4/c1-3-7(11)9(13)15-5-6-16-10(14)8(12)4-2/h7-8H,3-6H2,1-2H3. The van der Waals surface area contributed by atoms with Crippen molar-refractivity contribution in [3.8, 4) is 0 Å². The predicted octanol–water partition coefficient (Wildman–Crippen LogP) is 2.11. The average Bonchev–Trinajstić information content (AvgIpc) is 2.31. The highest BCUT2D eigenvalue weighted by atomic mass is 35.5. The maximum atomic E-state index is 11.1. The number of esters is 2. The SMILES string of the molecule is CCC(Cl)C(=O)OCCOC(=O)C(Cl)CC. The Hall–Kier alpha value is -0.480. The van der Waals surface area contributed by atoms with E-state index in [9.17, 15) is 9.59 Å². The van der Waals surface area contributed by atoms with E-state index in [1.54, 1.807) is 13.8 Å². The van der Waals surface area contributed by atoms with Crippen molar-refractivity contribution >= 4 is 35.1 Å². The lowest BCUT2D eigenvalue weighted by Crippen LogP contribution is -2.22. The van der Waals surface area contributed by atoms with E-state index in [-0.39, 0.29) is 13.2 Å². The fourth-order valence-electron chi connectivity index (χ4n) is 0.799. The third-order valence-corrected chi connectivity index (χ3v) is 2.77. The van der Waals surface area contributed by atoms with Crippen molar-refractivity contribution in [1.29, 1.82) is 0 Å². The maximum Gasteiger partial charge on any atom is 0.324 e. The zero-order chi connectivity index (χ0) is 12.6. The lowest BCUT2D eigenvalue weighted by Gasteiger charge is -2.09. The van der Waals surface area contributed by atoms with Crippen LogP contribution in [-0.4, -0.2) is 35.9 Å². The van der Waals surface area contributed by atoms with E-state index in [1.807, 2.05) is 0 Å². The van der Waals surface area contributed by atoms with Gasteiger partial charge in [-0.25, -0.2) is 0 Å². The molecule has 2 atom stereocenters. The molecule has 0 aliphatic carbocycles. The number of rotatable bonds is 7. The molecule has 0 rings (SSSR count). The highest BCUT2D eigenvalue weighted by molar-refractivity contribution is 6.30. The summed E-state index contributed by atoms with van der Waals surface area (Å²) in [6.45, 7) is 3.55. The third kappa shape index (κ3) is 6.18. The van der Waals surface area contributed by atoms with Crippen LogP contribution in [0.2, 0.25) is 0 Å². The molecule has 0 N–H and O–H groups in total. The van der Waals surface area contributed by atoms with E-state index in [4.69, 9.17) is 32.7 Å². The Kier molecular flexibility index (Phi) is 8.39. The van der Waals surface area contributed by atoms with E-state index in [0.29, 0.717) is 12.8 Å². The molecule has 0 bridgehead atoms. The summed E-state index contributed by atoms with van der Waals surface area (Å²) in [6.07, 6.45) is 1.000. The lowest BCUT2D eigenvalue weighted by molar-refractivity contribution is -0.151. The van der Waals surface area contributed by atoms with Gasteiger partial charge in [-0.15, -0.1) is 23.2 Å². The summed E-state index contributed by atoms with van der Waals surface area (Å²) < 4.78 is 9.53. The molecule has 0 spiro atoms. The number of ether oxygens (including phenoxy) is 2. The first kappa shape index (κ1) is 15.5.